The first-order valence-electron chi connectivity index (χ1n) is 9.12. The van der Waals surface area contributed by atoms with E-state index in [1.54, 1.807) is 4.90 Å². The summed E-state index contributed by atoms with van der Waals surface area (Å²) in [7, 11) is 0. The van der Waals surface area contributed by atoms with E-state index >= 15 is 0 Å². The quantitative estimate of drug-likeness (QED) is 0.923. The summed E-state index contributed by atoms with van der Waals surface area (Å²) in [6.45, 7) is 1.17. The van der Waals surface area contributed by atoms with E-state index in [4.69, 9.17) is 10.5 Å². The number of amides is 1. The van der Waals surface area contributed by atoms with Gasteiger partial charge in [0, 0.05) is 37.4 Å². The number of fused-ring (bicyclic) bond motifs is 4. The minimum Gasteiger partial charge on any atom is -0.448 e. The number of halogens is 1. The van der Waals surface area contributed by atoms with Crippen molar-refractivity contribution in [2.45, 2.75) is 11.6 Å². The standard InChI is InChI=1S/C21H21FN2O2/c22-21(12-23)18-9-24(10-19(18)21)20(25)26-11-17-15-7-3-1-5-13(15)14-6-2-4-8-16(14)17/h1-8,17-19H,9-12,23H2. The molecule has 5 heteroatoms. The summed E-state index contributed by atoms with van der Waals surface area (Å²) in [5, 5.41) is 0. The van der Waals surface area contributed by atoms with Crippen molar-refractivity contribution in [1.82, 2.24) is 4.90 Å². The highest BCUT2D eigenvalue weighted by atomic mass is 19.1. The zero-order valence-corrected chi connectivity index (χ0v) is 14.4. The molecule has 1 aliphatic heterocycles. The number of hydrogen-bond acceptors (Lipinski definition) is 3. The Morgan fingerprint density at radius 1 is 1.08 bits per heavy atom. The zero-order chi connectivity index (χ0) is 17.9. The van der Waals surface area contributed by atoms with Gasteiger partial charge < -0.3 is 15.4 Å². The summed E-state index contributed by atoms with van der Waals surface area (Å²) < 4.78 is 19.9. The first-order valence-corrected chi connectivity index (χ1v) is 9.12. The highest BCUT2D eigenvalue weighted by Crippen LogP contribution is 2.57. The predicted octanol–water partition coefficient (Wildman–Crippen LogP) is 3.16. The van der Waals surface area contributed by atoms with Crippen molar-refractivity contribution >= 4 is 6.09 Å². The number of rotatable bonds is 3. The van der Waals surface area contributed by atoms with E-state index in [0.29, 0.717) is 19.7 Å². The minimum absolute atomic E-state index is 0.0425. The van der Waals surface area contributed by atoms with Gasteiger partial charge in [-0.2, -0.15) is 0 Å². The van der Waals surface area contributed by atoms with E-state index in [2.05, 4.69) is 24.3 Å². The van der Waals surface area contributed by atoms with E-state index in [0.717, 1.165) is 0 Å². The number of ether oxygens (including phenoxy) is 1. The van der Waals surface area contributed by atoms with Crippen LogP contribution in [0.15, 0.2) is 48.5 Å². The first kappa shape index (κ1) is 15.8. The van der Waals surface area contributed by atoms with Crippen LogP contribution in [-0.2, 0) is 4.74 Å². The lowest BCUT2D eigenvalue weighted by atomic mass is 9.98. The number of nitrogens with zero attached hydrogens (tertiary/aromatic N) is 1. The highest BCUT2D eigenvalue weighted by Gasteiger charge is 2.69. The van der Waals surface area contributed by atoms with E-state index in [-0.39, 0.29) is 30.4 Å². The number of piperidine rings is 1. The molecule has 2 aromatic carbocycles. The monoisotopic (exact) mass is 352 g/mol. The van der Waals surface area contributed by atoms with Gasteiger partial charge in [-0.05, 0) is 22.3 Å². The molecule has 5 rings (SSSR count). The molecule has 2 N–H and O–H groups in total. The van der Waals surface area contributed by atoms with Crippen LogP contribution >= 0.6 is 0 Å². The molecule has 1 amide bonds. The van der Waals surface area contributed by atoms with Crippen LogP contribution in [0, 0.1) is 11.8 Å². The van der Waals surface area contributed by atoms with Crippen LogP contribution in [0.2, 0.25) is 0 Å². The van der Waals surface area contributed by atoms with Gasteiger partial charge in [0.15, 0.2) is 0 Å². The largest absolute Gasteiger partial charge is 0.448 e. The maximum Gasteiger partial charge on any atom is 0.409 e. The Morgan fingerprint density at radius 3 is 2.15 bits per heavy atom. The number of hydrogen-bond donors (Lipinski definition) is 1. The number of carbonyl (C=O) groups is 1. The number of carbonyl (C=O) groups excluding carboxylic acids is 1. The molecule has 0 spiro atoms. The molecule has 0 radical (unpaired) electrons. The van der Waals surface area contributed by atoms with Gasteiger partial charge in [0.05, 0.1) is 0 Å². The van der Waals surface area contributed by atoms with E-state index in [1.807, 2.05) is 24.3 Å². The second-order valence-corrected chi connectivity index (χ2v) is 7.55. The molecule has 2 atom stereocenters. The number of likely N-dealkylation sites (tertiary alicyclic amines) is 1. The molecule has 2 aromatic rings. The molecular formula is C21H21FN2O2. The molecular weight excluding hydrogens is 331 g/mol. The third-order valence-electron chi connectivity index (χ3n) is 6.35. The van der Waals surface area contributed by atoms with E-state index < -0.39 is 5.67 Å². The van der Waals surface area contributed by atoms with E-state index in [9.17, 15) is 9.18 Å². The first-order chi connectivity index (χ1) is 12.6. The minimum atomic E-state index is -1.26. The number of alkyl halides is 1. The van der Waals surface area contributed by atoms with Gasteiger partial charge in [-0.3, -0.25) is 0 Å². The van der Waals surface area contributed by atoms with Crippen LogP contribution < -0.4 is 5.73 Å². The molecule has 1 saturated heterocycles. The smallest absolute Gasteiger partial charge is 0.409 e. The predicted molar refractivity (Wildman–Crippen MR) is 96.5 cm³/mol. The Labute approximate surface area is 151 Å². The van der Waals surface area contributed by atoms with Crippen LogP contribution in [0.4, 0.5) is 9.18 Å². The molecule has 26 heavy (non-hydrogen) atoms. The Hall–Kier alpha value is -2.40. The Kier molecular flexibility index (Phi) is 3.38. The number of nitrogens with two attached hydrogens (primary N) is 1. The second kappa shape index (κ2) is 5.55. The lowest BCUT2D eigenvalue weighted by molar-refractivity contribution is 0.0949. The van der Waals surface area contributed by atoms with Gasteiger partial charge in [-0.15, -0.1) is 0 Å². The van der Waals surface area contributed by atoms with Crippen LogP contribution in [0.25, 0.3) is 11.1 Å². The van der Waals surface area contributed by atoms with Gasteiger partial charge in [-0.1, -0.05) is 48.5 Å². The molecule has 0 bridgehead atoms. The lowest BCUT2D eigenvalue weighted by Gasteiger charge is -2.22. The maximum atomic E-state index is 14.2. The number of benzene rings is 2. The van der Waals surface area contributed by atoms with Crippen molar-refractivity contribution in [3.05, 3.63) is 59.7 Å². The van der Waals surface area contributed by atoms with Gasteiger partial charge >= 0.3 is 6.09 Å². The average molecular weight is 352 g/mol. The van der Waals surface area contributed by atoms with Gasteiger partial charge in [-0.25, -0.2) is 9.18 Å². The van der Waals surface area contributed by atoms with Gasteiger partial charge in [0.1, 0.15) is 12.3 Å². The molecule has 4 nitrogen and oxygen atoms in total. The summed E-state index contributed by atoms with van der Waals surface area (Å²) >= 11 is 0. The fraction of sp³-hybridized carbons (Fsp3) is 0.381. The third-order valence-corrected chi connectivity index (χ3v) is 6.35. The highest BCUT2D eigenvalue weighted by molar-refractivity contribution is 5.79. The van der Waals surface area contributed by atoms with Crippen molar-refractivity contribution in [2.24, 2.45) is 17.6 Å². The van der Waals surface area contributed by atoms with Crippen molar-refractivity contribution in [1.29, 1.82) is 0 Å². The second-order valence-electron chi connectivity index (χ2n) is 7.55. The topological polar surface area (TPSA) is 55.6 Å². The van der Waals surface area contributed by atoms with Crippen LogP contribution in [0.5, 0.6) is 0 Å². The fourth-order valence-electron chi connectivity index (χ4n) is 4.81. The van der Waals surface area contributed by atoms with Crippen LogP contribution in [0.1, 0.15) is 17.0 Å². The summed E-state index contributed by atoms with van der Waals surface area (Å²) in [5.41, 5.74) is 9.03. The third kappa shape index (κ3) is 2.13. The van der Waals surface area contributed by atoms with Crippen molar-refractivity contribution < 1.29 is 13.9 Å². The molecule has 134 valence electrons. The SMILES string of the molecule is NCC1(F)C2CN(C(=O)OCC3c4ccccc4-c4ccccc43)CC21. The van der Waals surface area contributed by atoms with Crippen molar-refractivity contribution in [3.8, 4) is 11.1 Å². The molecule has 2 fully saturated rings. The maximum absolute atomic E-state index is 14.2. The lowest BCUT2D eigenvalue weighted by Crippen LogP contribution is -2.38. The fourth-order valence-corrected chi connectivity index (χ4v) is 4.81. The Morgan fingerprint density at radius 2 is 1.62 bits per heavy atom. The molecule has 0 aromatic heterocycles. The normalized spacial score (nSPS) is 28.5. The van der Waals surface area contributed by atoms with Gasteiger partial charge in [0.2, 0.25) is 0 Å². The Balaban J connectivity index is 1.29. The van der Waals surface area contributed by atoms with E-state index in [1.165, 1.54) is 22.3 Å². The summed E-state index contributed by atoms with van der Waals surface area (Å²) in [4.78, 5) is 14.1. The zero-order valence-electron chi connectivity index (χ0n) is 14.4. The molecule has 1 heterocycles. The van der Waals surface area contributed by atoms with Crippen molar-refractivity contribution in [3.63, 3.8) is 0 Å². The average Bonchev–Trinajstić information content (AvgIpc) is 3.03. The Bertz CT molecular complexity index is 826. The summed E-state index contributed by atoms with van der Waals surface area (Å²) in [6.07, 6.45) is -0.349. The van der Waals surface area contributed by atoms with Crippen molar-refractivity contribution in [2.75, 3.05) is 26.2 Å². The van der Waals surface area contributed by atoms with Crippen LogP contribution in [-0.4, -0.2) is 42.9 Å². The molecule has 3 aliphatic rings. The molecule has 1 saturated carbocycles. The van der Waals surface area contributed by atoms with Gasteiger partial charge in [0.25, 0.3) is 0 Å². The molecule has 2 aliphatic carbocycles. The summed E-state index contributed by atoms with van der Waals surface area (Å²) in [6, 6.07) is 16.5. The summed E-state index contributed by atoms with van der Waals surface area (Å²) in [5.74, 6) is -0.186. The van der Waals surface area contributed by atoms with Crippen LogP contribution in [0.3, 0.4) is 0 Å². The molecule has 2 unspecified atom stereocenters.